The van der Waals surface area contributed by atoms with E-state index in [0.29, 0.717) is 13.0 Å². The van der Waals surface area contributed by atoms with Crippen molar-refractivity contribution < 1.29 is 9.53 Å². The van der Waals surface area contributed by atoms with Crippen molar-refractivity contribution >= 4 is 17.3 Å². The lowest BCUT2D eigenvalue weighted by molar-refractivity contribution is -0.119. The molecule has 1 aliphatic heterocycles. The van der Waals surface area contributed by atoms with Crippen molar-refractivity contribution in [2.24, 2.45) is 7.05 Å². The number of benzene rings is 1. The molecule has 0 saturated heterocycles. The molecule has 1 aliphatic rings. The van der Waals surface area contributed by atoms with Gasteiger partial charge in [0.1, 0.15) is 0 Å². The van der Waals surface area contributed by atoms with Gasteiger partial charge in [-0.3, -0.25) is 4.79 Å². The molecule has 0 spiro atoms. The van der Waals surface area contributed by atoms with Crippen LogP contribution in [0, 0.1) is 0 Å². The summed E-state index contributed by atoms with van der Waals surface area (Å²) in [6.07, 6.45) is 5.29. The summed E-state index contributed by atoms with van der Waals surface area (Å²) in [6, 6.07) is 6.26. The fourth-order valence-electron chi connectivity index (χ4n) is 3.05. The summed E-state index contributed by atoms with van der Waals surface area (Å²) in [5, 5.41) is 0. The van der Waals surface area contributed by atoms with Gasteiger partial charge < -0.3 is 19.1 Å². The molecule has 0 N–H and O–H groups in total. The number of hydrogen-bond acceptors (Lipinski definition) is 4. The minimum absolute atomic E-state index is 0.0612. The predicted octanol–water partition coefficient (Wildman–Crippen LogP) is 1.98. The van der Waals surface area contributed by atoms with Crippen LogP contribution >= 0.6 is 0 Å². The quantitative estimate of drug-likeness (QED) is 0.814. The van der Waals surface area contributed by atoms with Gasteiger partial charge in [0.15, 0.2) is 0 Å². The average molecular weight is 328 g/mol. The van der Waals surface area contributed by atoms with Gasteiger partial charge in [-0.1, -0.05) is 6.07 Å². The summed E-state index contributed by atoms with van der Waals surface area (Å²) in [5.74, 6) is 0.0612. The van der Waals surface area contributed by atoms with Crippen molar-refractivity contribution in [3.8, 4) is 0 Å². The molecule has 2 heterocycles. The molecule has 0 unspecified atom stereocenters. The zero-order chi connectivity index (χ0) is 17.1. The van der Waals surface area contributed by atoms with Gasteiger partial charge in [0, 0.05) is 45.3 Å². The molecule has 0 radical (unpaired) electrons. The van der Waals surface area contributed by atoms with Crippen molar-refractivity contribution in [3.63, 3.8) is 0 Å². The van der Waals surface area contributed by atoms with Crippen LogP contribution in [0.3, 0.4) is 0 Å². The Hall–Kier alpha value is -2.34. The average Bonchev–Trinajstić information content (AvgIpc) is 3.18. The number of carbonyl (C=O) groups excluding carboxylic acids is 1. The number of imidazole rings is 1. The highest BCUT2D eigenvalue weighted by molar-refractivity contribution is 5.93. The Bertz CT molecular complexity index is 726. The lowest BCUT2D eigenvalue weighted by Crippen LogP contribution is -2.27. The number of anilines is 2. The van der Waals surface area contributed by atoms with Gasteiger partial charge in [0.2, 0.25) is 5.91 Å². The van der Waals surface area contributed by atoms with E-state index in [1.807, 2.05) is 37.3 Å². The largest absolute Gasteiger partial charge is 0.384 e. The van der Waals surface area contributed by atoms with Crippen LogP contribution in [0.5, 0.6) is 0 Å². The SMILES string of the molecule is COCCC(=O)N(C)c1ccc2c(c1)N(Cc1cn(C)cn1)CC2. The second-order valence-electron chi connectivity index (χ2n) is 6.21. The summed E-state index contributed by atoms with van der Waals surface area (Å²) >= 11 is 0. The standard InChI is InChI=1S/C18H24N4O2/c1-20-11-15(19-13-20)12-22-8-6-14-4-5-16(10-17(14)22)21(2)18(23)7-9-24-3/h4-5,10-11,13H,6-9,12H2,1-3H3. The van der Waals surface area contributed by atoms with E-state index in [9.17, 15) is 4.79 Å². The maximum atomic E-state index is 12.2. The molecule has 2 aromatic rings. The third-order valence-corrected chi connectivity index (χ3v) is 4.45. The van der Waals surface area contributed by atoms with Crippen LogP contribution in [0.2, 0.25) is 0 Å². The molecule has 0 fully saturated rings. The number of nitrogens with zero attached hydrogens (tertiary/aromatic N) is 4. The van der Waals surface area contributed by atoms with Crippen LogP contribution in [0.4, 0.5) is 11.4 Å². The summed E-state index contributed by atoms with van der Waals surface area (Å²) in [4.78, 5) is 20.6. The molecule has 1 aromatic carbocycles. The van der Waals surface area contributed by atoms with Crippen LogP contribution in [-0.4, -0.2) is 42.8 Å². The van der Waals surface area contributed by atoms with E-state index in [1.54, 1.807) is 12.0 Å². The van der Waals surface area contributed by atoms with Gasteiger partial charge in [-0.05, 0) is 24.1 Å². The van der Waals surface area contributed by atoms with E-state index >= 15 is 0 Å². The lowest BCUT2D eigenvalue weighted by atomic mass is 10.1. The molecule has 0 saturated carbocycles. The Balaban J connectivity index is 1.76. The van der Waals surface area contributed by atoms with Gasteiger partial charge in [-0.15, -0.1) is 0 Å². The number of ether oxygens (including phenoxy) is 1. The van der Waals surface area contributed by atoms with Gasteiger partial charge in [0.25, 0.3) is 0 Å². The summed E-state index contributed by atoms with van der Waals surface area (Å²) < 4.78 is 6.96. The van der Waals surface area contributed by atoms with Gasteiger partial charge in [0.05, 0.1) is 31.6 Å². The molecule has 3 rings (SSSR count). The highest BCUT2D eigenvalue weighted by Gasteiger charge is 2.22. The molecule has 128 valence electrons. The molecule has 1 aromatic heterocycles. The molecular weight excluding hydrogens is 304 g/mol. The van der Waals surface area contributed by atoms with Crippen LogP contribution in [-0.2, 0) is 29.5 Å². The van der Waals surface area contributed by atoms with Crippen LogP contribution in [0.25, 0.3) is 0 Å². The number of rotatable bonds is 6. The minimum Gasteiger partial charge on any atom is -0.384 e. The molecular formula is C18H24N4O2. The van der Waals surface area contributed by atoms with Crippen molar-refractivity contribution in [1.82, 2.24) is 9.55 Å². The van der Waals surface area contributed by atoms with Crippen molar-refractivity contribution in [3.05, 3.63) is 42.0 Å². The third-order valence-electron chi connectivity index (χ3n) is 4.45. The third kappa shape index (κ3) is 3.43. The Kier molecular flexibility index (Phi) is 4.85. The van der Waals surface area contributed by atoms with E-state index in [2.05, 4.69) is 22.0 Å². The summed E-state index contributed by atoms with van der Waals surface area (Å²) in [6.45, 7) is 2.22. The van der Waals surface area contributed by atoms with Crippen LogP contribution in [0.15, 0.2) is 30.7 Å². The maximum absolute atomic E-state index is 12.2. The number of hydrogen-bond donors (Lipinski definition) is 0. The molecule has 6 nitrogen and oxygen atoms in total. The highest BCUT2D eigenvalue weighted by Crippen LogP contribution is 2.33. The highest BCUT2D eigenvalue weighted by atomic mass is 16.5. The maximum Gasteiger partial charge on any atom is 0.229 e. The predicted molar refractivity (Wildman–Crippen MR) is 94.3 cm³/mol. The second-order valence-corrected chi connectivity index (χ2v) is 6.21. The fraction of sp³-hybridized carbons (Fsp3) is 0.444. The molecule has 6 heteroatoms. The summed E-state index contributed by atoms with van der Waals surface area (Å²) in [7, 11) is 5.41. The zero-order valence-corrected chi connectivity index (χ0v) is 14.5. The number of aryl methyl sites for hydroxylation is 1. The van der Waals surface area contributed by atoms with E-state index in [1.165, 1.54) is 11.3 Å². The normalized spacial score (nSPS) is 13.2. The van der Waals surface area contributed by atoms with Gasteiger partial charge >= 0.3 is 0 Å². The van der Waals surface area contributed by atoms with Gasteiger partial charge in [-0.25, -0.2) is 4.98 Å². The molecule has 1 amide bonds. The molecule has 0 bridgehead atoms. The second kappa shape index (κ2) is 7.05. The first-order valence-electron chi connectivity index (χ1n) is 8.18. The fourth-order valence-corrected chi connectivity index (χ4v) is 3.05. The lowest BCUT2D eigenvalue weighted by Gasteiger charge is -2.22. The zero-order valence-electron chi connectivity index (χ0n) is 14.5. The Morgan fingerprint density at radius 2 is 2.25 bits per heavy atom. The molecule has 24 heavy (non-hydrogen) atoms. The molecule has 0 aliphatic carbocycles. The van der Waals surface area contributed by atoms with E-state index < -0.39 is 0 Å². The van der Waals surface area contributed by atoms with E-state index in [-0.39, 0.29) is 5.91 Å². The minimum atomic E-state index is 0.0612. The topological polar surface area (TPSA) is 50.6 Å². The van der Waals surface area contributed by atoms with E-state index in [4.69, 9.17) is 4.74 Å². The van der Waals surface area contributed by atoms with Crippen LogP contribution in [0.1, 0.15) is 17.7 Å². The van der Waals surface area contributed by atoms with Crippen molar-refractivity contribution in [2.45, 2.75) is 19.4 Å². The first kappa shape index (κ1) is 16.5. The monoisotopic (exact) mass is 328 g/mol. The van der Waals surface area contributed by atoms with Crippen molar-refractivity contribution in [2.75, 3.05) is 37.1 Å². The Morgan fingerprint density at radius 3 is 2.96 bits per heavy atom. The van der Waals surface area contributed by atoms with E-state index in [0.717, 1.165) is 30.9 Å². The Morgan fingerprint density at radius 1 is 1.42 bits per heavy atom. The van der Waals surface area contributed by atoms with Crippen molar-refractivity contribution in [1.29, 1.82) is 0 Å². The number of fused-ring (bicyclic) bond motifs is 1. The first-order chi connectivity index (χ1) is 11.6. The number of carbonyl (C=O) groups is 1. The number of methoxy groups -OCH3 is 1. The van der Waals surface area contributed by atoms with Crippen LogP contribution < -0.4 is 9.80 Å². The smallest absolute Gasteiger partial charge is 0.229 e. The number of amides is 1. The molecule has 0 atom stereocenters. The number of aromatic nitrogens is 2. The first-order valence-corrected chi connectivity index (χ1v) is 8.18. The van der Waals surface area contributed by atoms with Gasteiger partial charge in [-0.2, -0.15) is 0 Å². The summed E-state index contributed by atoms with van der Waals surface area (Å²) in [5.41, 5.74) is 4.50. The Labute approximate surface area is 142 Å².